The molecule has 0 bridgehead atoms. The van der Waals surface area contributed by atoms with E-state index in [-0.39, 0.29) is 18.1 Å². The first-order valence-corrected chi connectivity index (χ1v) is 6.23. The summed E-state index contributed by atoms with van der Waals surface area (Å²) < 4.78 is 4.62. The fourth-order valence-electron chi connectivity index (χ4n) is 0.565. The standard InChI is InChI=1S/C7H14O3.C6H14O2/c1-5(2)7(3,4)10-6(8)9;1-5(2)7-8-6(3)4/h5H,1-4H3,(H,8,9);5-6H,1-4H3. The Morgan fingerprint density at radius 2 is 1.28 bits per heavy atom. The molecule has 0 aliphatic rings. The lowest BCUT2D eigenvalue weighted by atomic mass is 9.95. The molecule has 0 aromatic rings. The summed E-state index contributed by atoms with van der Waals surface area (Å²) >= 11 is 0. The molecule has 0 rings (SSSR count). The zero-order valence-corrected chi connectivity index (χ0v) is 12.8. The maximum absolute atomic E-state index is 10.1. The summed E-state index contributed by atoms with van der Waals surface area (Å²) in [7, 11) is 0. The number of carbonyl (C=O) groups is 1. The Kier molecular flexibility index (Phi) is 9.94. The van der Waals surface area contributed by atoms with E-state index in [2.05, 4.69) is 4.74 Å². The van der Waals surface area contributed by atoms with Gasteiger partial charge in [0.15, 0.2) is 0 Å². The summed E-state index contributed by atoms with van der Waals surface area (Å²) in [5, 5.41) is 8.28. The number of hydrogen-bond acceptors (Lipinski definition) is 4. The van der Waals surface area contributed by atoms with E-state index in [9.17, 15) is 4.79 Å². The van der Waals surface area contributed by atoms with Crippen LogP contribution in [0.5, 0.6) is 0 Å². The summed E-state index contributed by atoms with van der Waals surface area (Å²) in [4.78, 5) is 19.7. The highest BCUT2D eigenvalue weighted by atomic mass is 17.2. The SMILES string of the molecule is CC(C)C(C)(C)OC(=O)O.CC(C)OOC(C)C. The van der Waals surface area contributed by atoms with Crippen molar-refractivity contribution in [1.29, 1.82) is 0 Å². The zero-order chi connectivity index (χ0) is 14.9. The molecule has 0 radical (unpaired) electrons. The highest BCUT2D eigenvalue weighted by molar-refractivity contribution is 5.57. The van der Waals surface area contributed by atoms with Gasteiger partial charge in [-0.3, -0.25) is 0 Å². The number of hydrogen-bond donors (Lipinski definition) is 1. The van der Waals surface area contributed by atoms with Crippen LogP contribution >= 0.6 is 0 Å². The van der Waals surface area contributed by atoms with E-state index in [0.717, 1.165) is 0 Å². The van der Waals surface area contributed by atoms with E-state index in [0.29, 0.717) is 0 Å². The average molecular weight is 264 g/mol. The van der Waals surface area contributed by atoms with Crippen LogP contribution in [0.1, 0.15) is 55.4 Å². The molecule has 0 aromatic heterocycles. The van der Waals surface area contributed by atoms with Gasteiger partial charge < -0.3 is 9.84 Å². The first kappa shape index (κ1) is 19.5. The third-order valence-electron chi connectivity index (χ3n) is 2.18. The molecule has 0 saturated heterocycles. The molecule has 0 saturated carbocycles. The molecular weight excluding hydrogens is 236 g/mol. The quantitative estimate of drug-likeness (QED) is 0.464. The molecule has 0 aromatic carbocycles. The van der Waals surface area contributed by atoms with Crippen LogP contribution in [0.2, 0.25) is 0 Å². The molecule has 0 heterocycles. The van der Waals surface area contributed by atoms with E-state index in [1.165, 1.54) is 0 Å². The molecule has 5 nitrogen and oxygen atoms in total. The van der Waals surface area contributed by atoms with Crippen molar-refractivity contribution in [2.75, 3.05) is 0 Å². The molecule has 0 atom stereocenters. The summed E-state index contributed by atoms with van der Waals surface area (Å²) in [6.07, 6.45) is -0.881. The average Bonchev–Trinajstić information content (AvgIpc) is 2.13. The molecule has 0 fully saturated rings. The number of ether oxygens (including phenoxy) is 1. The molecule has 5 heteroatoms. The van der Waals surface area contributed by atoms with Crippen LogP contribution < -0.4 is 0 Å². The third-order valence-corrected chi connectivity index (χ3v) is 2.18. The molecule has 0 unspecified atom stereocenters. The Labute approximate surface area is 110 Å². The van der Waals surface area contributed by atoms with Crippen LogP contribution in [0.25, 0.3) is 0 Å². The van der Waals surface area contributed by atoms with Crippen LogP contribution in [-0.2, 0) is 14.5 Å². The Hall–Kier alpha value is -0.810. The molecule has 110 valence electrons. The number of carboxylic acid groups (broad SMARTS) is 1. The van der Waals surface area contributed by atoms with Gasteiger partial charge in [0, 0.05) is 0 Å². The van der Waals surface area contributed by atoms with Gasteiger partial charge in [0.05, 0.1) is 12.2 Å². The fraction of sp³-hybridized carbons (Fsp3) is 0.923. The van der Waals surface area contributed by atoms with Crippen molar-refractivity contribution in [3.63, 3.8) is 0 Å². The third kappa shape index (κ3) is 13.3. The predicted octanol–water partition coefficient (Wildman–Crippen LogP) is 3.87. The lowest BCUT2D eigenvalue weighted by Crippen LogP contribution is -2.33. The van der Waals surface area contributed by atoms with Gasteiger partial charge in [0.1, 0.15) is 5.60 Å². The van der Waals surface area contributed by atoms with Gasteiger partial charge in [-0.2, -0.15) is 0 Å². The molecule has 1 N–H and O–H groups in total. The second-order valence-electron chi connectivity index (χ2n) is 5.42. The summed E-state index contributed by atoms with van der Waals surface area (Å²) in [6, 6.07) is 0. The highest BCUT2D eigenvalue weighted by Crippen LogP contribution is 2.19. The van der Waals surface area contributed by atoms with Gasteiger partial charge in [-0.05, 0) is 47.5 Å². The highest BCUT2D eigenvalue weighted by Gasteiger charge is 2.26. The normalized spacial score (nSPS) is 11.5. The molecular formula is C13H28O5. The smallest absolute Gasteiger partial charge is 0.450 e. The van der Waals surface area contributed by atoms with E-state index in [4.69, 9.17) is 14.9 Å². The molecule has 0 spiro atoms. The maximum atomic E-state index is 10.1. The lowest BCUT2D eigenvalue weighted by molar-refractivity contribution is -0.337. The fourth-order valence-corrected chi connectivity index (χ4v) is 0.565. The Bertz CT molecular complexity index is 213. The molecule has 0 amide bonds. The largest absolute Gasteiger partial charge is 0.506 e. The van der Waals surface area contributed by atoms with Gasteiger partial charge in [0.2, 0.25) is 0 Å². The monoisotopic (exact) mass is 264 g/mol. The van der Waals surface area contributed by atoms with Gasteiger partial charge in [-0.25, -0.2) is 14.6 Å². The van der Waals surface area contributed by atoms with Gasteiger partial charge >= 0.3 is 6.16 Å². The summed E-state index contributed by atoms with van der Waals surface area (Å²) in [5.41, 5.74) is -0.578. The zero-order valence-electron chi connectivity index (χ0n) is 12.8. The van der Waals surface area contributed by atoms with Crippen molar-refractivity contribution < 1.29 is 24.4 Å². The first-order valence-electron chi connectivity index (χ1n) is 6.23. The first-order chi connectivity index (χ1) is 7.99. The van der Waals surface area contributed by atoms with Crippen molar-refractivity contribution in [1.82, 2.24) is 0 Å². The van der Waals surface area contributed by atoms with E-state index in [1.54, 1.807) is 13.8 Å². The minimum Gasteiger partial charge on any atom is -0.450 e. The van der Waals surface area contributed by atoms with Crippen LogP contribution in [0.3, 0.4) is 0 Å². The van der Waals surface area contributed by atoms with Crippen molar-refractivity contribution in [2.24, 2.45) is 5.92 Å². The summed E-state index contributed by atoms with van der Waals surface area (Å²) in [6.45, 7) is 15.1. The van der Waals surface area contributed by atoms with Crippen molar-refractivity contribution in [2.45, 2.75) is 73.2 Å². The van der Waals surface area contributed by atoms with Gasteiger partial charge in [-0.1, -0.05) is 13.8 Å². The van der Waals surface area contributed by atoms with Crippen molar-refractivity contribution in [3.05, 3.63) is 0 Å². The van der Waals surface area contributed by atoms with Crippen molar-refractivity contribution in [3.8, 4) is 0 Å². The molecule has 0 aliphatic carbocycles. The Balaban J connectivity index is 0. The van der Waals surface area contributed by atoms with Crippen LogP contribution in [0, 0.1) is 5.92 Å². The topological polar surface area (TPSA) is 65.0 Å². The molecule has 18 heavy (non-hydrogen) atoms. The lowest BCUT2D eigenvalue weighted by Gasteiger charge is -2.27. The van der Waals surface area contributed by atoms with Crippen LogP contribution in [-0.4, -0.2) is 29.1 Å². The Morgan fingerprint density at radius 3 is 1.39 bits per heavy atom. The van der Waals surface area contributed by atoms with E-state index >= 15 is 0 Å². The minimum atomic E-state index is -1.21. The molecule has 0 aliphatic heterocycles. The maximum Gasteiger partial charge on any atom is 0.506 e. The van der Waals surface area contributed by atoms with E-state index < -0.39 is 11.8 Å². The van der Waals surface area contributed by atoms with E-state index in [1.807, 2.05) is 41.5 Å². The van der Waals surface area contributed by atoms with Gasteiger partial charge in [-0.15, -0.1) is 0 Å². The van der Waals surface area contributed by atoms with Crippen molar-refractivity contribution >= 4 is 6.16 Å². The number of rotatable bonds is 5. The second-order valence-corrected chi connectivity index (χ2v) is 5.42. The summed E-state index contributed by atoms with van der Waals surface area (Å²) in [5.74, 6) is 0.198. The minimum absolute atomic E-state index is 0.164. The second kappa shape index (κ2) is 9.16. The van der Waals surface area contributed by atoms with Crippen LogP contribution in [0.15, 0.2) is 0 Å². The van der Waals surface area contributed by atoms with Crippen LogP contribution in [0.4, 0.5) is 4.79 Å². The predicted molar refractivity (Wildman–Crippen MR) is 70.5 cm³/mol. The Morgan fingerprint density at radius 1 is 0.944 bits per heavy atom. The van der Waals surface area contributed by atoms with Gasteiger partial charge in [0.25, 0.3) is 0 Å².